The molecule has 4 nitrogen and oxygen atoms in total. The number of hydrogen-bond acceptors (Lipinski definition) is 3. The first-order chi connectivity index (χ1) is 11.8. The van der Waals surface area contributed by atoms with Crippen LogP contribution in [0.25, 0.3) is 11.1 Å². The molecular weight excluding hydrogens is 298 g/mol. The van der Waals surface area contributed by atoms with Gasteiger partial charge in [0.15, 0.2) is 0 Å². The summed E-state index contributed by atoms with van der Waals surface area (Å²) < 4.78 is 0. The summed E-state index contributed by atoms with van der Waals surface area (Å²) in [7, 11) is 0. The summed E-state index contributed by atoms with van der Waals surface area (Å²) in [6.07, 6.45) is 1.63. The molecule has 1 aromatic heterocycles. The fraction of sp³-hybridized carbons (Fsp3) is 0.100. The molecule has 3 N–H and O–H groups in total. The Bertz CT molecular complexity index is 831. The van der Waals surface area contributed by atoms with E-state index < -0.39 is 0 Å². The molecule has 0 spiro atoms. The Morgan fingerprint density at radius 1 is 0.958 bits per heavy atom. The normalized spacial score (nSPS) is 10.4. The van der Waals surface area contributed by atoms with Crippen LogP contribution in [-0.4, -0.2) is 10.9 Å². The second-order valence-electron chi connectivity index (χ2n) is 5.47. The molecule has 1 amide bonds. The molecule has 4 heteroatoms. The molecule has 0 saturated heterocycles. The van der Waals surface area contributed by atoms with Gasteiger partial charge in [-0.1, -0.05) is 54.6 Å². The van der Waals surface area contributed by atoms with Gasteiger partial charge < -0.3 is 11.1 Å². The third-order valence-electron chi connectivity index (χ3n) is 3.79. The zero-order chi connectivity index (χ0) is 16.8. The van der Waals surface area contributed by atoms with Crippen molar-refractivity contribution in [2.24, 2.45) is 5.73 Å². The lowest BCUT2D eigenvalue weighted by Crippen LogP contribution is -2.24. The molecule has 0 saturated carbocycles. The average Bonchev–Trinajstić information content (AvgIpc) is 2.67. The fourth-order valence-corrected chi connectivity index (χ4v) is 2.55. The summed E-state index contributed by atoms with van der Waals surface area (Å²) in [6, 6.07) is 21.4. The summed E-state index contributed by atoms with van der Waals surface area (Å²) in [5, 5.41) is 2.93. The maximum absolute atomic E-state index is 12.6. The summed E-state index contributed by atoms with van der Waals surface area (Å²) in [4.78, 5) is 16.8. The van der Waals surface area contributed by atoms with Crippen molar-refractivity contribution in [3.8, 4) is 11.1 Å². The molecule has 0 unspecified atom stereocenters. The lowest BCUT2D eigenvalue weighted by atomic mass is 10.0. The highest BCUT2D eigenvalue weighted by molar-refractivity contribution is 5.98. The number of carbonyl (C=O) groups is 1. The molecule has 120 valence electrons. The number of nitrogens with two attached hydrogens (primary N) is 1. The van der Waals surface area contributed by atoms with Crippen LogP contribution < -0.4 is 11.1 Å². The Kier molecular flexibility index (Phi) is 4.99. The minimum atomic E-state index is -0.187. The molecule has 0 radical (unpaired) electrons. The predicted molar refractivity (Wildman–Crippen MR) is 95.2 cm³/mol. The van der Waals surface area contributed by atoms with Crippen molar-refractivity contribution < 1.29 is 4.79 Å². The number of nitrogens with zero attached hydrogens (tertiary/aromatic N) is 1. The number of aromatic nitrogens is 1. The van der Waals surface area contributed by atoms with Crippen LogP contribution >= 0.6 is 0 Å². The number of carbonyl (C=O) groups excluding carboxylic acids is 1. The highest BCUT2D eigenvalue weighted by Crippen LogP contribution is 2.23. The Morgan fingerprint density at radius 3 is 2.54 bits per heavy atom. The van der Waals surface area contributed by atoms with E-state index in [-0.39, 0.29) is 5.91 Å². The summed E-state index contributed by atoms with van der Waals surface area (Å²) in [5.74, 6) is -0.187. The summed E-state index contributed by atoms with van der Waals surface area (Å²) in [5.41, 5.74) is 9.95. The zero-order valence-corrected chi connectivity index (χ0v) is 13.3. The van der Waals surface area contributed by atoms with Crippen LogP contribution in [0.3, 0.4) is 0 Å². The Morgan fingerprint density at radius 2 is 1.75 bits per heavy atom. The van der Waals surface area contributed by atoms with Crippen LogP contribution in [0.4, 0.5) is 0 Å². The van der Waals surface area contributed by atoms with E-state index in [0.717, 1.165) is 22.3 Å². The van der Waals surface area contributed by atoms with Gasteiger partial charge in [0, 0.05) is 24.8 Å². The Hall–Kier alpha value is -2.98. The quantitative estimate of drug-likeness (QED) is 0.759. The van der Waals surface area contributed by atoms with Crippen molar-refractivity contribution in [2.45, 2.75) is 13.1 Å². The first-order valence-corrected chi connectivity index (χ1v) is 7.84. The van der Waals surface area contributed by atoms with Crippen molar-refractivity contribution in [3.05, 3.63) is 89.7 Å². The first kappa shape index (κ1) is 15.9. The lowest BCUT2D eigenvalue weighted by molar-refractivity contribution is 0.0946. The van der Waals surface area contributed by atoms with E-state index in [1.165, 1.54) is 0 Å². The zero-order valence-electron chi connectivity index (χ0n) is 13.3. The smallest absolute Gasteiger partial charge is 0.270 e. The molecule has 2 aromatic carbocycles. The van der Waals surface area contributed by atoms with Gasteiger partial charge in [-0.2, -0.15) is 0 Å². The monoisotopic (exact) mass is 317 g/mol. The largest absolute Gasteiger partial charge is 0.347 e. The van der Waals surface area contributed by atoms with E-state index >= 15 is 0 Å². The van der Waals surface area contributed by atoms with Crippen LogP contribution in [-0.2, 0) is 13.1 Å². The summed E-state index contributed by atoms with van der Waals surface area (Å²) >= 11 is 0. The van der Waals surface area contributed by atoms with Crippen LogP contribution in [0, 0.1) is 0 Å². The third kappa shape index (κ3) is 3.67. The molecule has 0 aliphatic rings. The number of amides is 1. The van der Waals surface area contributed by atoms with Gasteiger partial charge in [0.2, 0.25) is 0 Å². The van der Waals surface area contributed by atoms with Gasteiger partial charge in [0.25, 0.3) is 5.91 Å². The Balaban J connectivity index is 1.84. The fourth-order valence-electron chi connectivity index (χ4n) is 2.55. The van der Waals surface area contributed by atoms with Gasteiger partial charge in [-0.3, -0.25) is 9.78 Å². The molecule has 0 atom stereocenters. The van der Waals surface area contributed by atoms with Crippen molar-refractivity contribution in [3.63, 3.8) is 0 Å². The molecular formula is C20H19N3O. The van der Waals surface area contributed by atoms with E-state index in [4.69, 9.17) is 5.73 Å². The van der Waals surface area contributed by atoms with Crippen LogP contribution in [0.15, 0.2) is 72.9 Å². The molecule has 3 aromatic rings. The molecule has 0 aliphatic heterocycles. The van der Waals surface area contributed by atoms with Crippen molar-refractivity contribution >= 4 is 5.91 Å². The van der Waals surface area contributed by atoms with Crippen LogP contribution in [0.5, 0.6) is 0 Å². The second kappa shape index (κ2) is 7.53. The minimum Gasteiger partial charge on any atom is -0.347 e. The first-order valence-electron chi connectivity index (χ1n) is 7.84. The van der Waals surface area contributed by atoms with E-state index in [1.54, 1.807) is 6.20 Å². The topological polar surface area (TPSA) is 68.0 Å². The highest BCUT2D eigenvalue weighted by atomic mass is 16.1. The molecule has 0 bridgehead atoms. The number of pyridine rings is 1. The molecule has 3 rings (SSSR count). The highest BCUT2D eigenvalue weighted by Gasteiger charge is 2.14. The van der Waals surface area contributed by atoms with Gasteiger partial charge in [0.05, 0.1) is 0 Å². The average molecular weight is 317 g/mol. The van der Waals surface area contributed by atoms with Crippen molar-refractivity contribution in [2.75, 3.05) is 0 Å². The summed E-state index contributed by atoms with van der Waals surface area (Å²) in [6.45, 7) is 0.933. The van der Waals surface area contributed by atoms with Crippen molar-refractivity contribution in [1.29, 1.82) is 0 Å². The van der Waals surface area contributed by atoms with Gasteiger partial charge in [-0.05, 0) is 28.8 Å². The van der Waals surface area contributed by atoms with Crippen LogP contribution in [0.2, 0.25) is 0 Å². The molecule has 1 heterocycles. The standard InChI is InChI=1S/C20H19N3O/c21-13-16-8-4-9-17(12-16)18-10-5-11-22-19(18)20(24)23-14-15-6-2-1-3-7-15/h1-12H,13-14,21H2,(H,23,24). The molecule has 0 aliphatic carbocycles. The number of benzene rings is 2. The third-order valence-corrected chi connectivity index (χ3v) is 3.79. The molecule has 24 heavy (non-hydrogen) atoms. The molecule has 0 fully saturated rings. The lowest BCUT2D eigenvalue weighted by Gasteiger charge is -2.10. The van der Waals surface area contributed by atoms with E-state index in [0.29, 0.717) is 18.8 Å². The number of hydrogen-bond donors (Lipinski definition) is 2. The van der Waals surface area contributed by atoms with Gasteiger partial charge in [0.1, 0.15) is 5.69 Å². The van der Waals surface area contributed by atoms with E-state index in [2.05, 4.69) is 10.3 Å². The Labute approximate surface area is 141 Å². The maximum atomic E-state index is 12.6. The SMILES string of the molecule is NCc1cccc(-c2cccnc2C(=O)NCc2ccccc2)c1. The predicted octanol–water partition coefficient (Wildman–Crippen LogP) is 3.14. The van der Waals surface area contributed by atoms with Gasteiger partial charge in [-0.15, -0.1) is 0 Å². The maximum Gasteiger partial charge on any atom is 0.270 e. The second-order valence-corrected chi connectivity index (χ2v) is 5.47. The van der Waals surface area contributed by atoms with E-state index in [1.807, 2.05) is 66.7 Å². The van der Waals surface area contributed by atoms with Crippen LogP contribution in [0.1, 0.15) is 21.6 Å². The van der Waals surface area contributed by atoms with Gasteiger partial charge in [-0.25, -0.2) is 0 Å². The number of nitrogens with one attached hydrogen (secondary N) is 1. The van der Waals surface area contributed by atoms with Crippen molar-refractivity contribution in [1.82, 2.24) is 10.3 Å². The minimum absolute atomic E-state index is 0.187. The van der Waals surface area contributed by atoms with E-state index in [9.17, 15) is 4.79 Å². The number of rotatable bonds is 5. The van der Waals surface area contributed by atoms with Gasteiger partial charge >= 0.3 is 0 Å².